The van der Waals surface area contributed by atoms with E-state index in [0.717, 1.165) is 0 Å². The fourth-order valence-electron chi connectivity index (χ4n) is 2.12. The van der Waals surface area contributed by atoms with Gasteiger partial charge in [0.25, 0.3) is 0 Å². The van der Waals surface area contributed by atoms with Gasteiger partial charge in [0.2, 0.25) is 0 Å². The van der Waals surface area contributed by atoms with E-state index in [0.29, 0.717) is 18.6 Å². The zero-order valence-electron chi connectivity index (χ0n) is 13.8. The van der Waals surface area contributed by atoms with E-state index in [1.807, 2.05) is 20.8 Å². The number of alkyl carbamates (subject to hydrolysis) is 1. The second-order valence-electron chi connectivity index (χ2n) is 6.43. The lowest BCUT2D eigenvalue weighted by Gasteiger charge is -2.36. The maximum absolute atomic E-state index is 11.6. The molecule has 1 fully saturated rings. The first-order chi connectivity index (χ1) is 10.8. The van der Waals surface area contributed by atoms with Crippen LogP contribution in [0, 0.1) is 0 Å². The van der Waals surface area contributed by atoms with E-state index in [-0.39, 0.29) is 17.8 Å². The van der Waals surface area contributed by atoms with E-state index in [1.165, 1.54) is 13.3 Å². The number of amides is 1. The highest BCUT2D eigenvalue weighted by Crippen LogP contribution is 2.26. The number of hydrogen-bond donors (Lipinski definition) is 1. The smallest absolute Gasteiger partial charge is 0.407 e. The molecule has 1 aromatic heterocycles. The van der Waals surface area contributed by atoms with Crippen LogP contribution in [0.1, 0.15) is 44.1 Å². The first kappa shape index (κ1) is 17.1. The Labute approximate surface area is 135 Å². The highest BCUT2D eigenvalue weighted by molar-refractivity contribution is 5.87. The molecule has 0 bridgehead atoms. The fourth-order valence-corrected chi connectivity index (χ4v) is 2.12. The summed E-state index contributed by atoms with van der Waals surface area (Å²) in [5, 5.41) is 2.80. The van der Waals surface area contributed by atoms with Crippen molar-refractivity contribution < 1.29 is 23.8 Å². The van der Waals surface area contributed by atoms with Crippen LogP contribution in [0.15, 0.2) is 18.3 Å². The van der Waals surface area contributed by atoms with Crippen LogP contribution in [0.3, 0.4) is 0 Å². The van der Waals surface area contributed by atoms with Crippen LogP contribution in [0.25, 0.3) is 0 Å². The summed E-state index contributed by atoms with van der Waals surface area (Å²) in [7, 11) is 1.31. The third-order valence-corrected chi connectivity index (χ3v) is 3.25. The molecular formula is C16H22N2O5. The van der Waals surface area contributed by atoms with E-state index < -0.39 is 17.7 Å². The van der Waals surface area contributed by atoms with Crippen LogP contribution in [0.5, 0.6) is 5.75 Å². The topological polar surface area (TPSA) is 86.8 Å². The van der Waals surface area contributed by atoms with E-state index >= 15 is 0 Å². The monoisotopic (exact) mass is 322 g/mol. The molecule has 1 aromatic rings. The van der Waals surface area contributed by atoms with Crippen LogP contribution in [0.4, 0.5) is 4.79 Å². The normalized spacial score (nSPS) is 20.2. The summed E-state index contributed by atoms with van der Waals surface area (Å²) in [4.78, 5) is 26.9. The molecule has 0 atom stereocenters. The lowest BCUT2D eigenvalue weighted by Crippen LogP contribution is -2.50. The first-order valence-electron chi connectivity index (χ1n) is 7.47. The van der Waals surface area contributed by atoms with E-state index in [9.17, 15) is 9.59 Å². The van der Waals surface area contributed by atoms with Crippen molar-refractivity contribution in [3.63, 3.8) is 0 Å². The molecule has 1 heterocycles. The Kier molecular flexibility index (Phi) is 5.08. The second kappa shape index (κ2) is 6.85. The van der Waals surface area contributed by atoms with Crippen molar-refractivity contribution in [3.8, 4) is 5.75 Å². The average Bonchev–Trinajstić information content (AvgIpc) is 2.43. The minimum atomic E-state index is -0.503. The van der Waals surface area contributed by atoms with Gasteiger partial charge in [0.15, 0.2) is 0 Å². The van der Waals surface area contributed by atoms with E-state index in [2.05, 4.69) is 15.0 Å². The molecule has 1 N–H and O–H groups in total. The highest BCUT2D eigenvalue weighted by Gasteiger charge is 2.33. The van der Waals surface area contributed by atoms with Gasteiger partial charge in [-0.25, -0.2) is 14.6 Å². The fraction of sp³-hybridized carbons (Fsp3) is 0.562. The lowest BCUT2D eigenvalue weighted by atomic mass is 9.89. The molecule has 1 amide bonds. The number of methoxy groups -OCH3 is 1. The number of hydrogen-bond acceptors (Lipinski definition) is 6. The van der Waals surface area contributed by atoms with Crippen LogP contribution < -0.4 is 10.1 Å². The molecule has 7 heteroatoms. The summed E-state index contributed by atoms with van der Waals surface area (Å²) < 4.78 is 15.5. The molecule has 0 saturated heterocycles. The molecular weight excluding hydrogens is 300 g/mol. The van der Waals surface area contributed by atoms with Crippen molar-refractivity contribution in [3.05, 3.63) is 24.0 Å². The summed E-state index contributed by atoms with van der Waals surface area (Å²) in [6.45, 7) is 5.47. The number of carbonyl (C=O) groups is 2. The predicted octanol–water partition coefficient (Wildman–Crippen LogP) is 2.30. The molecule has 0 radical (unpaired) electrons. The first-order valence-corrected chi connectivity index (χ1v) is 7.47. The van der Waals surface area contributed by atoms with Gasteiger partial charge in [0, 0.05) is 18.9 Å². The Morgan fingerprint density at radius 1 is 1.26 bits per heavy atom. The SMILES string of the molecule is COC(=O)c1ccc(O[C@H]2C[C@H](NC(=O)OC(C)(C)C)C2)cn1. The van der Waals surface area contributed by atoms with Gasteiger partial charge in [-0.15, -0.1) is 0 Å². The number of aromatic nitrogens is 1. The molecule has 0 aliphatic heterocycles. The Bertz CT molecular complexity index is 559. The number of nitrogens with one attached hydrogen (secondary N) is 1. The summed E-state index contributed by atoms with van der Waals surface area (Å²) in [5.41, 5.74) is -0.269. The van der Waals surface area contributed by atoms with E-state index in [4.69, 9.17) is 9.47 Å². The number of ether oxygens (including phenoxy) is 3. The van der Waals surface area contributed by atoms with Gasteiger partial charge in [0.1, 0.15) is 23.1 Å². The van der Waals surface area contributed by atoms with Crippen LogP contribution in [-0.2, 0) is 9.47 Å². The number of nitrogens with zero attached hydrogens (tertiary/aromatic N) is 1. The zero-order valence-corrected chi connectivity index (χ0v) is 13.8. The third kappa shape index (κ3) is 5.12. The number of carbonyl (C=O) groups excluding carboxylic acids is 2. The van der Waals surface area contributed by atoms with Crippen molar-refractivity contribution in [1.29, 1.82) is 0 Å². The van der Waals surface area contributed by atoms with Crippen molar-refractivity contribution in [1.82, 2.24) is 10.3 Å². The predicted molar refractivity (Wildman–Crippen MR) is 82.4 cm³/mol. The highest BCUT2D eigenvalue weighted by atomic mass is 16.6. The van der Waals surface area contributed by atoms with Gasteiger partial charge >= 0.3 is 12.1 Å². The van der Waals surface area contributed by atoms with E-state index in [1.54, 1.807) is 12.1 Å². The van der Waals surface area contributed by atoms with Crippen molar-refractivity contribution in [2.24, 2.45) is 0 Å². The maximum atomic E-state index is 11.6. The molecule has 2 rings (SSSR count). The number of pyridine rings is 1. The summed E-state index contributed by atoms with van der Waals surface area (Å²) in [5.74, 6) is 0.0974. The molecule has 1 aliphatic carbocycles. The Morgan fingerprint density at radius 3 is 2.48 bits per heavy atom. The minimum absolute atomic E-state index is 0.0145. The molecule has 23 heavy (non-hydrogen) atoms. The summed E-state index contributed by atoms with van der Waals surface area (Å²) >= 11 is 0. The molecule has 0 aromatic carbocycles. The standard InChI is InChI=1S/C16H22N2O5/c1-16(2,3)23-15(20)18-10-7-12(8-10)22-11-5-6-13(17-9-11)14(19)21-4/h5-6,9-10,12H,7-8H2,1-4H3,(H,18,20)/t10-,12-. The summed E-state index contributed by atoms with van der Waals surface area (Å²) in [6, 6.07) is 3.28. The lowest BCUT2D eigenvalue weighted by molar-refractivity contribution is 0.0362. The Morgan fingerprint density at radius 2 is 1.96 bits per heavy atom. The third-order valence-electron chi connectivity index (χ3n) is 3.25. The quantitative estimate of drug-likeness (QED) is 0.856. The minimum Gasteiger partial charge on any atom is -0.489 e. The van der Waals surface area contributed by atoms with Gasteiger partial charge in [-0.05, 0) is 32.9 Å². The van der Waals surface area contributed by atoms with Gasteiger partial charge < -0.3 is 19.5 Å². The van der Waals surface area contributed by atoms with Crippen LogP contribution in [-0.4, -0.2) is 41.9 Å². The van der Waals surface area contributed by atoms with Gasteiger partial charge in [-0.2, -0.15) is 0 Å². The van der Waals surface area contributed by atoms with Crippen molar-refractivity contribution >= 4 is 12.1 Å². The molecule has 1 aliphatic rings. The maximum Gasteiger partial charge on any atom is 0.407 e. The molecule has 0 spiro atoms. The van der Waals surface area contributed by atoms with Crippen LogP contribution >= 0.6 is 0 Å². The average molecular weight is 322 g/mol. The Hall–Kier alpha value is -2.31. The Balaban J connectivity index is 1.74. The van der Waals surface area contributed by atoms with Crippen molar-refractivity contribution in [2.45, 2.75) is 51.4 Å². The van der Waals surface area contributed by atoms with Gasteiger partial charge in [0.05, 0.1) is 13.3 Å². The zero-order chi connectivity index (χ0) is 17.0. The molecule has 0 unspecified atom stereocenters. The van der Waals surface area contributed by atoms with Crippen molar-refractivity contribution in [2.75, 3.05) is 7.11 Å². The largest absolute Gasteiger partial charge is 0.489 e. The van der Waals surface area contributed by atoms with Crippen LogP contribution in [0.2, 0.25) is 0 Å². The molecule has 7 nitrogen and oxygen atoms in total. The molecule has 1 saturated carbocycles. The number of rotatable bonds is 4. The molecule has 126 valence electrons. The summed E-state index contributed by atoms with van der Waals surface area (Å²) in [6.07, 6.45) is 2.50. The van der Waals surface area contributed by atoms with Gasteiger partial charge in [-0.3, -0.25) is 0 Å². The number of esters is 1. The second-order valence-corrected chi connectivity index (χ2v) is 6.43. The van der Waals surface area contributed by atoms with Gasteiger partial charge in [-0.1, -0.05) is 0 Å².